The molecule has 0 bridgehead atoms. The highest BCUT2D eigenvalue weighted by atomic mass is 32.1. The standard InChI is InChI=1S/C20H19N3O2S/c24-18-12-14(13-6-1-2-7-15(13)22-18)20(25)21-11-5-10-19-23-16-8-3-4-9-17(16)26-19/h1-4,6-9,14H,5,10-12H2,(H,21,25)(H,22,24). The Labute approximate surface area is 155 Å². The number of aromatic nitrogens is 1. The lowest BCUT2D eigenvalue weighted by atomic mass is 9.90. The summed E-state index contributed by atoms with van der Waals surface area (Å²) in [5.74, 6) is -0.614. The average Bonchev–Trinajstić information content (AvgIpc) is 3.07. The number of thiazole rings is 1. The maximum absolute atomic E-state index is 12.6. The summed E-state index contributed by atoms with van der Waals surface area (Å²) in [4.78, 5) is 29.0. The van der Waals surface area contributed by atoms with E-state index in [9.17, 15) is 9.59 Å². The van der Waals surface area contributed by atoms with Crippen molar-refractivity contribution in [1.82, 2.24) is 10.3 Å². The molecule has 0 spiro atoms. The number of carbonyl (C=O) groups excluding carboxylic acids is 2. The highest BCUT2D eigenvalue weighted by molar-refractivity contribution is 7.18. The molecule has 3 aromatic rings. The minimum absolute atomic E-state index is 0.0865. The number of benzene rings is 2. The zero-order valence-electron chi connectivity index (χ0n) is 14.2. The van der Waals surface area contributed by atoms with Gasteiger partial charge in [0.1, 0.15) is 0 Å². The first-order valence-corrected chi connectivity index (χ1v) is 9.53. The SMILES string of the molecule is O=C1CC(C(=O)NCCCc2nc3ccccc3s2)c2ccccc2N1. The molecule has 26 heavy (non-hydrogen) atoms. The molecule has 0 saturated heterocycles. The van der Waals surface area contributed by atoms with E-state index in [2.05, 4.69) is 21.7 Å². The molecule has 132 valence electrons. The fourth-order valence-electron chi connectivity index (χ4n) is 3.25. The van der Waals surface area contributed by atoms with Gasteiger partial charge in [-0.05, 0) is 30.2 Å². The number of hydrogen-bond acceptors (Lipinski definition) is 4. The number of anilines is 1. The summed E-state index contributed by atoms with van der Waals surface area (Å²) in [6, 6.07) is 15.6. The molecule has 4 rings (SSSR count). The van der Waals surface area contributed by atoms with Gasteiger partial charge in [-0.3, -0.25) is 9.59 Å². The Kier molecular flexibility index (Phi) is 4.67. The van der Waals surface area contributed by atoms with E-state index in [0.29, 0.717) is 6.54 Å². The van der Waals surface area contributed by atoms with Crippen LogP contribution in [-0.4, -0.2) is 23.3 Å². The van der Waals surface area contributed by atoms with E-state index in [1.165, 1.54) is 4.70 Å². The molecule has 1 aliphatic rings. The second-order valence-electron chi connectivity index (χ2n) is 6.36. The first kappa shape index (κ1) is 16.7. The number of nitrogens with zero attached hydrogens (tertiary/aromatic N) is 1. The van der Waals surface area contributed by atoms with Crippen LogP contribution in [-0.2, 0) is 16.0 Å². The highest BCUT2D eigenvalue weighted by Crippen LogP contribution is 2.32. The summed E-state index contributed by atoms with van der Waals surface area (Å²) >= 11 is 1.70. The normalized spacial score (nSPS) is 16.2. The number of rotatable bonds is 5. The summed E-state index contributed by atoms with van der Waals surface area (Å²) in [5.41, 5.74) is 2.65. The molecule has 0 radical (unpaired) electrons. The summed E-state index contributed by atoms with van der Waals surface area (Å²) in [5, 5.41) is 6.88. The van der Waals surface area contributed by atoms with Crippen molar-refractivity contribution in [2.24, 2.45) is 0 Å². The molecule has 2 amide bonds. The van der Waals surface area contributed by atoms with Crippen molar-refractivity contribution in [3.63, 3.8) is 0 Å². The highest BCUT2D eigenvalue weighted by Gasteiger charge is 2.30. The number of fused-ring (bicyclic) bond motifs is 2. The molecular weight excluding hydrogens is 346 g/mol. The second kappa shape index (κ2) is 7.25. The maximum Gasteiger partial charge on any atom is 0.228 e. The lowest BCUT2D eigenvalue weighted by Crippen LogP contribution is -2.35. The molecule has 1 unspecified atom stereocenters. The van der Waals surface area contributed by atoms with Crippen LogP contribution in [0.25, 0.3) is 10.2 Å². The minimum Gasteiger partial charge on any atom is -0.356 e. The number of hydrogen-bond donors (Lipinski definition) is 2. The van der Waals surface area contributed by atoms with Crippen molar-refractivity contribution < 1.29 is 9.59 Å². The van der Waals surface area contributed by atoms with Crippen LogP contribution in [0.5, 0.6) is 0 Å². The number of nitrogens with one attached hydrogen (secondary N) is 2. The Morgan fingerprint density at radius 1 is 1.19 bits per heavy atom. The molecule has 6 heteroatoms. The van der Waals surface area contributed by atoms with Crippen molar-refractivity contribution in [2.45, 2.75) is 25.2 Å². The van der Waals surface area contributed by atoms with Crippen molar-refractivity contribution >= 4 is 39.1 Å². The first-order chi connectivity index (χ1) is 12.7. The largest absolute Gasteiger partial charge is 0.356 e. The summed E-state index contributed by atoms with van der Waals surface area (Å²) < 4.78 is 1.19. The number of para-hydroxylation sites is 2. The molecule has 0 aliphatic carbocycles. The third-order valence-corrected chi connectivity index (χ3v) is 5.62. The van der Waals surface area contributed by atoms with Crippen LogP contribution in [0.1, 0.15) is 29.3 Å². The molecule has 2 N–H and O–H groups in total. The Balaban J connectivity index is 1.33. The van der Waals surface area contributed by atoms with Gasteiger partial charge in [-0.1, -0.05) is 30.3 Å². The zero-order valence-corrected chi connectivity index (χ0v) is 15.0. The van der Waals surface area contributed by atoms with E-state index >= 15 is 0 Å². The fraction of sp³-hybridized carbons (Fsp3) is 0.250. The molecule has 5 nitrogen and oxygen atoms in total. The Hall–Kier alpha value is -2.73. The van der Waals surface area contributed by atoms with Crippen molar-refractivity contribution in [2.75, 3.05) is 11.9 Å². The summed E-state index contributed by atoms with van der Waals surface area (Å²) in [6.07, 6.45) is 1.86. The van der Waals surface area contributed by atoms with Gasteiger partial charge in [0.25, 0.3) is 0 Å². The van der Waals surface area contributed by atoms with Gasteiger partial charge in [0.15, 0.2) is 0 Å². The van der Waals surface area contributed by atoms with Crippen LogP contribution in [0, 0.1) is 0 Å². The monoisotopic (exact) mass is 365 g/mol. The topological polar surface area (TPSA) is 71.1 Å². The third kappa shape index (κ3) is 3.46. The van der Waals surface area contributed by atoms with Crippen molar-refractivity contribution in [3.8, 4) is 0 Å². The number of amides is 2. The lowest BCUT2D eigenvalue weighted by molar-refractivity contribution is -0.126. The van der Waals surface area contributed by atoms with E-state index in [1.54, 1.807) is 11.3 Å². The van der Waals surface area contributed by atoms with Gasteiger partial charge in [0, 0.05) is 25.1 Å². The molecule has 1 aromatic heterocycles. The smallest absolute Gasteiger partial charge is 0.228 e. The van der Waals surface area contributed by atoms with Crippen molar-refractivity contribution in [3.05, 3.63) is 59.1 Å². The van der Waals surface area contributed by atoms with E-state index in [4.69, 9.17) is 0 Å². The predicted molar refractivity (Wildman–Crippen MR) is 103 cm³/mol. The van der Waals surface area contributed by atoms with Crippen LogP contribution >= 0.6 is 11.3 Å². The van der Waals surface area contributed by atoms with Crippen LogP contribution < -0.4 is 10.6 Å². The van der Waals surface area contributed by atoms with Gasteiger partial charge in [-0.2, -0.15) is 0 Å². The third-order valence-electron chi connectivity index (χ3n) is 4.52. The van der Waals surface area contributed by atoms with Crippen LogP contribution in [0.4, 0.5) is 5.69 Å². The average molecular weight is 365 g/mol. The lowest BCUT2D eigenvalue weighted by Gasteiger charge is -2.24. The van der Waals surface area contributed by atoms with Crippen molar-refractivity contribution in [1.29, 1.82) is 0 Å². The van der Waals surface area contributed by atoms with Crippen LogP contribution in [0.15, 0.2) is 48.5 Å². The van der Waals surface area contributed by atoms with Gasteiger partial charge in [0.2, 0.25) is 11.8 Å². The Bertz CT molecular complexity index is 933. The van der Waals surface area contributed by atoms with Crippen LogP contribution in [0.2, 0.25) is 0 Å². The second-order valence-corrected chi connectivity index (χ2v) is 7.48. The molecule has 2 aromatic carbocycles. The van der Waals surface area contributed by atoms with Crippen LogP contribution in [0.3, 0.4) is 0 Å². The maximum atomic E-state index is 12.6. The van der Waals surface area contributed by atoms with Gasteiger partial charge in [0.05, 0.1) is 21.1 Å². The zero-order chi connectivity index (χ0) is 17.9. The van der Waals surface area contributed by atoms with E-state index in [0.717, 1.165) is 34.6 Å². The van der Waals surface area contributed by atoms with E-state index in [1.807, 2.05) is 42.5 Å². The molecular formula is C20H19N3O2S. The Morgan fingerprint density at radius 2 is 2.00 bits per heavy atom. The molecule has 1 atom stereocenters. The first-order valence-electron chi connectivity index (χ1n) is 8.71. The molecule has 2 heterocycles. The van der Waals surface area contributed by atoms with Gasteiger partial charge >= 0.3 is 0 Å². The predicted octanol–water partition coefficient (Wildman–Crippen LogP) is 3.47. The summed E-state index contributed by atoms with van der Waals surface area (Å²) in [7, 11) is 0. The van der Waals surface area contributed by atoms with Gasteiger partial charge in [-0.25, -0.2) is 4.98 Å². The number of carbonyl (C=O) groups is 2. The number of aryl methyl sites for hydroxylation is 1. The molecule has 1 aliphatic heterocycles. The fourth-order valence-corrected chi connectivity index (χ4v) is 4.26. The van der Waals surface area contributed by atoms with E-state index < -0.39 is 5.92 Å². The quantitative estimate of drug-likeness (QED) is 0.680. The van der Waals surface area contributed by atoms with Gasteiger partial charge in [-0.15, -0.1) is 11.3 Å². The van der Waals surface area contributed by atoms with Gasteiger partial charge < -0.3 is 10.6 Å². The summed E-state index contributed by atoms with van der Waals surface area (Å²) in [6.45, 7) is 0.578. The molecule has 0 fully saturated rings. The Morgan fingerprint density at radius 3 is 2.88 bits per heavy atom. The minimum atomic E-state index is -0.414. The van der Waals surface area contributed by atoms with E-state index in [-0.39, 0.29) is 18.2 Å². The molecule has 0 saturated carbocycles.